The van der Waals surface area contributed by atoms with Crippen molar-refractivity contribution in [3.05, 3.63) is 0 Å². The molecule has 0 aromatic heterocycles. The van der Waals surface area contributed by atoms with Gasteiger partial charge in [-0.25, -0.2) is 0 Å². The molecule has 1 unspecified atom stereocenters. The molecule has 0 aliphatic rings. The standard InChI is InChI=1S/C8H16F3NO2/c1-2-3-12-4-5-14-6-7(13)8(9,10)11/h7,12-13H,2-6H2,1H3. The Labute approximate surface area is 81.2 Å². The normalized spacial score (nSPS) is 14.4. The molecule has 86 valence electrons. The molecule has 2 N–H and O–H groups in total. The zero-order valence-corrected chi connectivity index (χ0v) is 8.10. The van der Waals surface area contributed by atoms with Crippen molar-refractivity contribution in [3.63, 3.8) is 0 Å². The predicted octanol–water partition coefficient (Wildman–Crippen LogP) is 0.926. The predicted molar refractivity (Wildman–Crippen MR) is 46.0 cm³/mol. The number of halogens is 3. The lowest BCUT2D eigenvalue weighted by molar-refractivity contribution is -0.217. The Bertz CT molecular complexity index is 141. The van der Waals surface area contributed by atoms with E-state index in [2.05, 4.69) is 10.1 Å². The Balaban J connectivity index is 3.28. The van der Waals surface area contributed by atoms with E-state index >= 15 is 0 Å². The first-order chi connectivity index (χ1) is 6.48. The number of alkyl halides is 3. The molecule has 14 heavy (non-hydrogen) atoms. The highest BCUT2D eigenvalue weighted by atomic mass is 19.4. The highest BCUT2D eigenvalue weighted by Gasteiger charge is 2.38. The second-order valence-electron chi connectivity index (χ2n) is 2.88. The lowest BCUT2D eigenvalue weighted by Gasteiger charge is -2.14. The van der Waals surface area contributed by atoms with Crippen LogP contribution >= 0.6 is 0 Å². The number of nitrogens with one attached hydrogen (secondary N) is 1. The highest BCUT2D eigenvalue weighted by molar-refractivity contribution is 4.63. The lowest BCUT2D eigenvalue weighted by atomic mass is 10.4. The molecule has 0 saturated heterocycles. The summed E-state index contributed by atoms with van der Waals surface area (Å²) in [5, 5.41) is 11.5. The van der Waals surface area contributed by atoms with Gasteiger partial charge in [0.2, 0.25) is 0 Å². The van der Waals surface area contributed by atoms with Gasteiger partial charge in [-0.15, -0.1) is 0 Å². The monoisotopic (exact) mass is 215 g/mol. The van der Waals surface area contributed by atoms with Crippen LogP contribution in [0.1, 0.15) is 13.3 Å². The van der Waals surface area contributed by atoms with Gasteiger partial charge < -0.3 is 15.2 Å². The van der Waals surface area contributed by atoms with Crippen molar-refractivity contribution in [1.29, 1.82) is 0 Å². The molecule has 0 heterocycles. The Kier molecular flexibility index (Phi) is 6.86. The SMILES string of the molecule is CCCNCCOCC(O)C(F)(F)F. The minimum absolute atomic E-state index is 0.174. The first-order valence-corrected chi connectivity index (χ1v) is 4.51. The van der Waals surface area contributed by atoms with E-state index in [0.717, 1.165) is 13.0 Å². The van der Waals surface area contributed by atoms with Gasteiger partial charge in [0.05, 0.1) is 13.2 Å². The molecule has 0 aromatic rings. The average Bonchev–Trinajstić information content (AvgIpc) is 2.09. The molecule has 0 aliphatic heterocycles. The Morgan fingerprint density at radius 1 is 1.36 bits per heavy atom. The number of hydrogen-bond donors (Lipinski definition) is 2. The van der Waals surface area contributed by atoms with E-state index in [1.165, 1.54) is 0 Å². The van der Waals surface area contributed by atoms with Gasteiger partial charge in [0, 0.05) is 6.54 Å². The summed E-state index contributed by atoms with van der Waals surface area (Å²) in [5.41, 5.74) is 0. The molecule has 0 fully saturated rings. The smallest absolute Gasteiger partial charge is 0.382 e. The zero-order chi connectivity index (χ0) is 11.0. The fourth-order valence-corrected chi connectivity index (χ4v) is 0.736. The largest absolute Gasteiger partial charge is 0.416 e. The van der Waals surface area contributed by atoms with Crippen LogP contribution in [0.4, 0.5) is 13.2 Å². The second-order valence-corrected chi connectivity index (χ2v) is 2.88. The molecule has 0 spiro atoms. The Hall–Kier alpha value is -0.330. The third-order valence-corrected chi connectivity index (χ3v) is 1.50. The summed E-state index contributed by atoms with van der Waals surface area (Å²) in [6.45, 7) is 2.77. The first-order valence-electron chi connectivity index (χ1n) is 4.51. The minimum atomic E-state index is -4.59. The van der Waals surface area contributed by atoms with Gasteiger partial charge in [0.25, 0.3) is 0 Å². The summed E-state index contributed by atoms with van der Waals surface area (Å²) < 4.78 is 39.8. The molecule has 0 rings (SSSR count). The molecule has 6 heteroatoms. The van der Waals surface area contributed by atoms with Crippen molar-refractivity contribution in [1.82, 2.24) is 5.32 Å². The quantitative estimate of drug-likeness (QED) is 0.621. The first kappa shape index (κ1) is 13.7. The summed E-state index contributed by atoms with van der Waals surface area (Å²) in [4.78, 5) is 0. The average molecular weight is 215 g/mol. The second kappa shape index (κ2) is 7.03. The molecular weight excluding hydrogens is 199 g/mol. The van der Waals surface area contributed by atoms with Crippen LogP contribution in [0.2, 0.25) is 0 Å². The third-order valence-electron chi connectivity index (χ3n) is 1.50. The van der Waals surface area contributed by atoms with Gasteiger partial charge in [-0.2, -0.15) is 13.2 Å². The molecule has 0 bridgehead atoms. The number of ether oxygens (including phenoxy) is 1. The van der Waals surface area contributed by atoms with Gasteiger partial charge in [0.15, 0.2) is 6.10 Å². The molecular formula is C8H16F3NO2. The summed E-state index contributed by atoms with van der Waals surface area (Å²) in [7, 11) is 0. The van der Waals surface area contributed by atoms with E-state index in [1.54, 1.807) is 0 Å². The number of aliphatic hydroxyl groups excluding tert-OH is 1. The van der Waals surface area contributed by atoms with Crippen LogP contribution in [-0.2, 0) is 4.74 Å². The van der Waals surface area contributed by atoms with E-state index in [4.69, 9.17) is 5.11 Å². The molecule has 0 radical (unpaired) electrons. The van der Waals surface area contributed by atoms with Crippen LogP contribution in [-0.4, -0.2) is 43.7 Å². The van der Waals surface area contributed by atoms with Crippen LogP contribution in [0.3, 0.4) is 0 Å². The van der Waals surface area contributed by atoms with Crippen LogP contribution in [0.5, 0.6) is 0 Å². The van der Waals surface area contributed by atoms with Gasteiger partial charge in [-0.05, 0) is 13.0 Å². The van der Waals surface area contributed by atoms with E-state index in [1.807, 2.05) is 6.92 Å². The van der Waals surface area contributed by atoms with Crippen molar-refractivity contribution in [3.8, 4) is 0 Å². The molecule has 0 aromatic carbocycles. The van der Waals surface area contributed by atoms with Crippen molar-refractivity contribution >= 4 is 0 Å². The van der Waals surface area contributed by atoms with Crippen molar-refractivity contribution < 1.29 is 23.0 Å². The molecule has 0 saturated carbocycles. The molecule has 1 atom stereocenters. The summed E-state index contributed by atoms with van der Waals surface area (Å²) in [6, 6.07) is 0. The fraction of sp³-hybridized carbons (Fsp3) is 1.00. The third kappa shape index (κ3) is 7.11. The van der Waals surface area contributed by atoms with Crippen LogP contribution in [0, 0.1) is 0 Å². The maximum atomic E-state index is 11.7. The van der Waals surface area contributed by atoms with Crippen molar-refractivity contribution in [2.75, 3.05) is 26.3 Å². The Morgan fingerprint density at radius 3 is 2.50 bits per heavy atom. The zero-order valence-electron chi connectivity index (χ0n) is 8.10. The van der Waals surface area contributed by atoms with Gasteiger partial charge in [-0.1, -0.05) is 6.92 Å². The molecule has 3 nitrogen and oxygen atoms in total. The van der Waals surface area contributed by atoms with Gasteiger partial charge >= 0.3 is 6.18 Å². The number of rotatable bonds is 7. The maximum Gasteiger partial charge on any atom is 0.416 e. The molecule has 0 amide bonds. The van der Waals surface area contributed by atoms with E-state index in [0.29, 0.717) is 6.54 Å². The lowest BCUT2D eigenvalue weighted by Crippen LogP contribution is -2.34. The van der Waals surface area contributed by atoms with E-state index in [9.17, 15) is 13.2 Å². The van der Waals surface area contributed by atoms with Crippen LogP contribution < -0.4 is 5.32 Å². The van der Waals surface area contributed by atoms with E-state index < -0.39 is 18.9 Å². The summed E-state index contributed by atoms with van der Waals surface area (Å²) in [6.07, 6.45) is -6.00. The van der Waals surface area contributed by atoms with Gasteiger partial charge in [-0.3, -0.25) is 0 Å². The topological polar surface area (TPSA) is 41.5 Å². The fourth-order valence-electron chi connectivity index (χ4n) is 0.736. The summed E-state index contributed by atoms with van der Waals surface area (Å²) >= 11 is 0. The molecule has 0 aliphatic carbocycles. The minimum Gasteiger partial charge on any atom is -0.382 e. The van der Waals surface area contributed by atoms with Crippen molar-refractivity contribution in [2.45, 2.75) is 25.6 Å². The number of aliphatic hydroxyl groups is 1. The van der Waals surface area contributed by atoms with E-state index in [-0.39, 0.29) is 6.61 Å². The van der Waals surface area contributed by atoms with Crippen molar-refractivity contribution in [2.24, 2.45) is 0 Å². The van der Waals surface area contributed by atoms with Crippen LogP contribution in [0.15, 0.2) is 0 Å². The summed E-state index contributed by atoms with van der Waals surface area (Å²) in [5.74, 6) is 0. The maximum absolute atomic E-state index is 11.7. The highest BCUT2D eigenvalue weighted by Crippen LogP contribution is 2.19. The van der Waals surface area contributed by atoms with Crippen LogP contribution in [0.25, 0.3) is 0 Å². The number of hydrogen-bond acceptors (Lipinski definition) is 3. The van der Waals surface area contributed by atoms with Gasteiger partial charge in [0.1, 0.15) is 0 Å². The Morgan fingerprint density at radius 2 is 2.00 bits per heavy atom.